The highest BCUT2D eigenvalue weighted by molar-refractivity contribution is 5.25. The average Bonchev–Trinajstić information content (AvgIpc) is 2.94. The molecule has 0 radical (unpaired) electrons. The molecule has 230 valence electrons. The Hall–Kier alpha value is -2.47. The van der Waals surface area contributed by atoms with E-state index in [4.69, 9.17) is 4.42 Å². The predicted octanol–water partition coefficient (Wildman–Crippen LogP) is 8.12. The summed E-state index contributed by atoms with van der Waals surface area (Å²) >= 11 is 0. The molecule has 41 heavy (non-hydrogen) atoms. The number of allylic oxidation sites excluding steroid dienone is 7. The molecule has 1 heterocycles. The van der Waals surface area contributed by atoms with Crippen LogP contribution in [0, 0.1) is 5.92 Å². The lowest BCUT2D eigenvalue weighted by Gasteiger charge is -2.24. The minimum atomic E-state index is -0.728. The van der Waals surface area contributed by atoms with E-state index in [1.807, 2.05) is 71.9 Å². The summed E-state index contributed by atoms with van der Waals surface area (Å²) in [7, 11) is 0. The molecule has 0 saturated heterocycles. The summed E-state index contributed by atoms with van der Waals surface area (Å²) in [5.74, 6) is -0.0371. The Labute approximate surface area is 249 Å². The van der Waals surface area contributed by atoms with Crippen LogP contribution in [-0.2, 0) is 6.42 Å². The molecule has 1 rings (SSSR count). The number of aryl methyl sites for hydroxylation is 1. The number of unbranched alkanes of at least 4 members (excludes halogenated alkanes) is 2. The van der Waals surface area contributed by atoms with Crippen molar-refractivity contribution in [2.75, 3.05) is 0 Å². The van der Waals surface area contributed by atoms with Gasteiger partial charge in [0, 0.05) is 17.4 Å². The van der Waals surface area contributed by atoms with Crippen LogP contribution in [0.15, 0.2) is 79.6 Å². The molecule has 0 bridgehead atoms. The smallest absolute Gasteiger partial charge is 0.339 e. The van der Waals surface area contributed by atoms with Gasteiger partial charge in [-0.2, -0.15) is 0 Å². The molecule has 3 N–H and O–H groups in total. The van der Waals surface area contributed by atoms with E-state index >= 15 is 0 Å². The molecular weight excluding hydrogens is 512 g/mol. The molecule has 0 aliphatic carbocycles. The van der Waals surface area contributed by atoms with Gasteiger partial charge in [-0.25, -0.2) is 4.79 Å². The third-order valence-corrected chi connectivity index (χ3v) is 8.01. The third kappa shape index (κ3) is 12.9. The van der Waals surface area contributed by atoms with Crippen molar-refractivity contribution in [1.29, 1.82) is 0 Å². The van der Waals surface area contributed by atoms with Crippen LogP contribution in [0.4, 0.5) is 0 Å². The topological polar surface area (TPSA) is 90.9 Å². The summed E-state index contributed by atoms with van der Waals surface area (Å²) in [6, 6.07) is 3.67. The molecule has 0 fully saturated rings. The van der Waals surface area contributed by atoms with Gasteiger partial charge in [0.15, 0.2) is 0 Å². The quantitative estimate of drug-likeness (QED) is 0.100. The van der Waals surface area contributed by atoms with Gasteiger partial charge in [-0.1, -0.05) is 80.7 Å². The maximum absolute atomic E-state index is 12.4. The number of rotatable bonds is 17. The first kappa shape index (κ1) is 36.6. The standard InChI is InChI=1S/C36H56O5/c1-10-12-13-17-31-19-21-33(41-36(31)40)30(9)35(39)28(7)16-14-15-24(3)22-26(5)23-25(4)18-20-32(37)29(8)34(38)27(6)11-2/h11,15-16,18-19,21,23,29-30,32,34-35,37-39H,10,12-14,17,20,22H2,1-9H3. The van der Waals surface area contributed by atoms with Gasteiger partial charge in [-0.05, 0) is 96.9 Å². The maximum atomic E-state index is 12.4. The SMILES string of the molecule is CC=C(C)C(O)C(C)C(O)CC=C(C)C=C(C)CC(C)=CCC=C(C)C(O)C(C)c1ccc(CCCCC)c(=O)o1. The Kier molecular flexibility index (Phi) is 16.8. The van der Waals surface area contributed by atoms with E-state index in [0.29, 0.717) is 24.2 Å². The monoisotopic (exact) mass is 568 g/mol. The van der Waals surface area contributed by atoms with Crippen molar-refractivity contribution >= 4 is 0 Å². The van der Waals surface area contributed by atoms with E-state index in [9.17, 15) is 20.1 Å². The zero-order chi connectivity index (χ0) is 31.1. The van der Waals surface area contributed by atoms with Crippen molar-refractivity contribution in [1.82, 2.24) is 0 Å². The normalized spacial score (nSPS) is 17.8. The van der Waals surface area contributed by atoms with Gasteiger partial charge in [-0.15, -0.1) is 0 Å². The Morgan fingerprint density at radius 2 is 1.59 bits per heavy atom. The predicted molar refractivity (Wildman–Crippen MR) is 172 cm³/mol. The first-order valence-corrected chi connectivity index (χ1v) is 15.3. The largest absolute Gasteiger partial charge is 0.427 e. The van der Waals surface area contributed by atoms with Gasteiger partial charge in [-0.3, -0.25) is 0 Å². The second-order valence-corrected chi connectivity index (χ2v) is 11.8. The summed E-state index contributed by atoms with van der Waals surface area (Å²) in [6.07, 6.45) is 14.2. The molecule has 0 aliphatic heterocycles. The fourth-order valence-corrected chi connectivity index (χ4v) is 4.90. The van der Waals surface area contributed by atoms with Gasteiger partial charge in [0.2, 0.25) is 0 Å². The molecule has 5 atom stereocenters. The molecule has 0 spiro atoms. The highest BCUT2D eigenvalue weighted by Gasteiger charge is 2.23. The van der Waals surface area contributed by atoms with Gasteiger partial charge in [0.25, 0.3) is 0 Å². The number of hydrogen-bond acceptors (Lipinski definition) is 5. The van der Waals surface area contributed by atoms with Gasteiger partial charge < -0.3 is 19.7 Å². The maximum Gasteiger partial charge on any atom is 0.339 e. The lowest BCUT2D eigenvalue weighted by atomic mass is 9.91. The molecular formula is C36H56O5. The van der Waals surface area contributed by atoms with E-state index in [0.717, 1.165) is 48.8 Å². The molecule has 5 nitrogen and oxygen atoms in total. The first-order valence-electron chi connectivity index (χ1n) is 15.3. The molecule has 5 unspecified atom stereocenters. The van der Waals surface area contributed by atoms with Gasteiger partial charge in [0.05, 0.1) is 18.3 Å². The Morgan fingerprint density at radius 3 is 2.20 bits per heavy atom. The van der Waals surface area contributed by atoms with Crippen molar-refractivity contribution < 1.29 is 19.7 Å². The third-order valence-electron chi connectivity index (χ3n) is 8.01. The second-order valence-electron chi connectivity index (χ2n) is 11.8. The van der Waals surface area contributed by atoms with Crippen LogP contribution in [0.2, 0.25) is 0 Å². The van der Waals surface area contributed by atoms with Gasteiger partial charge >= 0.3 is 5.63 Å². The fraction of sp³-hybridized carbons (Fsp3) is 0.583. The summed E-state index contributed by atoms with van der Waals surface area (Å²) < 4.78 is 5.56. The molecule has 1 aromatic rings. The zero-order valence-electron chi connectivity index (χ0n) is 27.0. The molecule has 0 aliphatic rings. The van der Waals surface area contributed by atoms with Crippen LogP contribution in [0.5, 0.6) is 0 Å². The van der Waals surface area contributed by atoms with Crippen LogP contribution < -0.4 is 5.63 Å². The van der Waals surface area contributed by atoms with Gasteiger partial charge in [0.1, 0.15) is 5.76 Å². The lowest BCUT2D eigenvalue weighted by Crippen LogP contribution is -2.29. The van der Waals surface area contributed by atoms with Crippen LogP contribution in [0.3, 0.4) is 0 Å². The first-order chi connectivity index (χ1) is 19.3. The Bertz CT molecular complexity index is 1150. The van der Waals surface area contributed by atoms with Crippen molar-refractivity contribution in [3.63, 3.8) is 0 Å². The number of aliphatic hydroxyl groups is 3. The van der Waals surface area contributed by atoms with Crippen LogP contribution >= 0.6 is 0 Å². The Balaban J connectivity index is 2.70. The number of aliphatic hydroxyl groups excluding tert-OH is 3. The summed E-state index contributed by atoms with van der Waals surface area (Å²) in [5, 5.41) is 31.7. The summed E-state index contributed by atoms with van der Waals surface area (Å²) in [5.41, 5.74) is 5.69. The fourth-order valence-electron chi connectivity index (χ4n) is 4.90. The Morgan fingerprint density at radius 1 is 0.902 bits per heavy atom. The minimum absolute atomic E-state index is 0.233. The second kappa shape index (κ2) is 18.9. The van der Waals surface area contributed by atoms with E-state index in [1.165, 1.54) is 11.1 Å². The van der Waals surface area contributed by atoms with Crippen molar-refractivity contribution in [3.05, 3.63) is 92.1 Å². The van der Waals surface area contributed by atoms with E-state index < -0.39 is 18.3 Å². The van der Waals surface area contributed by atoms with E-state index in [-0.39, 0.29) is 17.5 Å². The molecule has 0 aromatic carbocycles. The van der Waals surface area contributed by atoms with Crippen LogP contribution in [-0.4, -0.2) is 33.6 Å². The molecule has 1 aromatic heterocycles. The van der Waals surface area contributed by atoms with Crippen LogP contribution in [0.1, 0.15) is 118 Å². The van der Waals surface area contributed by atoms with Crippen molar-refractivity contribution in [2.45, 2.75) is 131 Å². The van der Waals surface area contributed by atoms with E-state index in [1.54, 1.807) is 0 Å². The summed E-state index contributed by atoms with van der Waals surface area (Å²) in [4.78, 5) is 12.4. The number of hydrogen-bond donors (Lipinski definition) is 3. The minimum Gasteiger partial charge on any atom is -0.427 e. The van der Waals surface area contributed by atoms with Crippen molar-refractivity contribution in [3.8, 4) is 0 Å². The summed E-state index contributed by atoms with van der Waals surface area (Å²) in [6.45, 7) is 17.8. The molecule has 0 saturated carbocycles. The zero-order valence-corrected chi connectivity index (χ0v) is 27.0. The molecule has 5 heteroatoms. The highest BCUT2D eigenvalue weighted by Crippen LogP contribution is 2.24. The van der Waals surface area contributed by atoms with Crippen molar-refractivity contribution in [2.24, 2.45) is 5.92 Å². The van der Waals surface area contributed by atoms with Crippen LogP contribution in [0.25, 0.3) is 0 Å². The lowest BCUT2D eigenvalue weighted by molar-refractivity contribution is 0.0415. The average molecular weight is 569 g/mol. The highest BCUT2D eigenvalue weighted by atomic mass is 16.4. The van der Waals surface area contributed by atoms with E-state index in [2.05, 4.69) is 32.9 Å². The molecule has 0 amide bonds.